The summed E-state index contributed by atoms with van der Waals surface area (Å²) in [6.45, 7) is 2.11. The van der Waals surface area contributed by atoms with Gasteiger partial charge >= 0.3 is 0 Å². The van der Waals surface area contributed by atoms with E-state index in [0.717, 1.165) is 46.0 Å². The molecule has 0 unspecified atom stereocenters. The zero-order chi connectivity index (χ0) is 21.1. The van der Waals surface area contributed by atoms with Gasteiger partial charge in [-0.25, -0.2) is 4.98 Å². The third kappa shape index (κ3) is 4.03. The Hall–Kier alpha value is -3.30. The van der Waals surface area contributed by atoms with Gasteiger partial charge in [0.15, 0.2) is 14.3 Å². The first-order valence-electron chi connectivity index (χ1n) is 9.69. The maximum Gasteiger partial charge on any atom is 0.184 e. The lowest BCUT2D eigenvalue weighted by Crippen LogP contribution is -1.99. The van der Waals surface area contributed by atoms with E-state index in [2.05, 4.69) is 35.1 Å². The molecule has 4 rings (SSSR count). The summed E-state index contributed by atoms with van der Waals surface area (Å²) in [5, 5.41) is 2.00. The number of methoxy groups -OCH3 is 1. The summed E-state index contributed by atoms with van der Waals surface area (Å²) >= 11 is 0. The SMILES string of the molecule is COc1ccc(CCc2cnc3c(N)nc4cc(/C=C/P=O)ccc4c3c2)c(C)c1. The Morgan fingerprint density at radius 2 is 1.97 bits per heavy atom. The molecule has 0 bridgehead atoms. The van der Waals surface area contributed by atoms with Gasteiger partial charge in [0.2, 0.25) is 0 Å². The van der Waals surface area contributed by atoms with Crippen LogP contribution in [0.5, 0.6) is 5.75 Å². The standard InChI is InChI=1S/C24H22N3O2P/c1-15-11-19(29-2)7-6-18(15)5-3-17-12-21-20-8-4-16(9-10-30-28)13-22(20)27-24(25)23(21)26-14-17/h4,6-14H,3,5H2,1-2H3,(H2,25,27)/b10-9+. The molecule has 5 nitrogen and oxygen atoms in total. The minimum Gasteiger partial charge on any atom is -0.497 e. The number of rotatable bonds is 6. The molecule has 4 aromatic rings. The number of aryl methyl sites for hydroxylation is 3. The molecule has 0 saturated carbocycles. The second kappa shape index (κ2) is 8.60. The summed E-state index contributed by atoms with van der Waals surface area (Å²) in [6, 6.07) is 14.3. The molecular weight excluding hydrogens is 393 g/mol. The van der Waals surface area contributed by atoms with Crippen LogP contribution in [0, 0.1) is 6.92 Å². The van der Waals surface area contributed by atoms with Crippen LogP contribution in [0.2, 0.25) is 0 Å². The van der Waals surface area contributed by atoms with Crippen molar-refractivity contribution in [1.82, 2.24) is 9.97 Å². The van der Waals surface area contributed by atoms with Crippen molar-refractivity contribution < 1.29 is 9.30 Å². The van der Waals surface area contributed by atoms with Gasteiger partial charge in [-0.05, 0) is 72.4 Å². The summed E-state index contributed by atoms with van der Waals surface area (Å²) in [5.74, 6) is 2.85. The Bertz CT molecular complexity index is 1280. The predicted molar refractivity (Wildman–Crippen MR) is 123 cm³/mol. The second-order valence-electron chi connectivity index (χ2n) is 7.23. The minimum absolute atomic E-state index is 0.0214. The number of aromatic nitrogens is 2. The molecule has 2 N–H and O–H groups in total. The number of anilines is 1. The molecule has 0 radical (unpaired) electrons. The van der Waals surface area contributed by atoms with Gasteiger partial charge in [-0.1, -0.05) is 18.2 Å². The topological polar surface area (TPSA) is 78.1 Å². The summed E-state index contributed by atoms with van der Waals surface area (Å²) in [7, 11) is 1.66. The Balaban J connectivity index is 1.69. The average Bonchev–Trinajstić information content (AvgIpc) is 2.76. The first-order valence-corrected chi connectivity index (χ1v) is 10.6. The lowest BCUT2D eigenvalue weighted by Gasteiger charge is -2.10. The van der Waals surface area contributed by atoms with E-state index in [1.165, 1.54) is 11.1 Å². The number of nitrogens with two attached hydrogens (primary N) is 1. The lowest BCUT2D eigenvalue weighted by molar-refractivity contribution is 0.414. The second-order valence-corrected chi connectivity index (χ2v) is 7.74. The zero-order valence-corrected chi connectivity index (χ0v) is 17.8. The normalized spacial score (nSPS) is 11.7. The Morgan fingerprint density at radius 1 is 1.10 bits per heavy atom. The van der Waals surface area contributed by atoms with Gasteiger partial charge in [0.25, 0.3) is 0 Å². The Kier molecular flexibility index (Phi) is 5.73. The van der Waals surface area contributed by atoms with Gasteiger partial charge in [0.05, 0.1) is 12.6 Å². The largest absolute Gasteiger partial charge is 0.497 e. The van der Waals surface area contributed by atoms with E-state index in [0.29, 0.717) is 11.3 Å². The molecule has 0 aliphatic rings. The Morgan fingerprint density at radius 3 is 2.73 bits per heavy atom. The third-order valence-electron chi connectivity index (χ3n) is 5.30. The maximum atomic E-state index is 10.7. The molecule has 150 valence electrons. The molecule has 0 saturated heterocycles. The van der Waals surface area contributed by atoms with Gasteiger partial charge in [0.1, 0.15) is 11.3 Å². The fourth-order valence-electron chi connectivity index (χ4n) is 3.68. The van der Waals surface area contributed by atoms with E-state index < -0.39 is 0 Å². The number of hydrogen-bond donors (Lipinski definition) is 1. The van der Waals surface area contributed by atoms with E-state index in [1.807, 2.05) is 30.5 Å². The van der Waals surface area contributed by atoms with Crippen LogP contribution >= 0.6 is 8.46 Å². The smallest absolute Gasteiger partial charge is 0.184 e. The summed E-state index contributed by atoms with van der Waals surface area (Å²) < 4.78 is 16.0. The number of ether oxygens (including phenoxy) is 1. The summed E-state index contributed by atoms with van der Waals surface area (Å²) in [5.41, 5.74) is 12.3. The van der Waals surface area contributed by atoms with Crippen LogP contribution < -0.4 is 10.5 Å². The van der Waals surface area contributed by atoms with Gasteiger partial charge in [-0.15, -0.1) is 0 Å². The summed E-state index contributed by atoms with van der Waals surface area (Å²) in [6.07, 6.45) is 5.48. The predicted octanol–water partition coefficient (Wildman–Crippen LogP) is 5.73. The van der Waals surface area contributed by atoms with E-state index in [-0.39, 0.29) is 8.46 Å². The van der Waals surface area contributed by atoms with Gasteiger partial charge in [-0.2, -0.15) is 0 Å². The molecule has 2 heterocycles. The van der Waals surface area contributed by atoms with Gasteiger partial charge in [0, 0.05) is 22.8 Å². The van der Waals surface area contributed by atoms with Crippen molar-refractivity contribution in [2.45, 2.75) is 19.8 Å². The molecule has 0 spiro atoms. The lowest BCUT2D eigenvalue weighted by atomic mass is 9.99. The van der Waals surface area contributed by atoms with Crippen LogP contribution in [-0.2, 0) is 17.4 Å². The van der Waals surface area contributed by atoms with E-state index >= 15 is 0 Å². The number of hydrogen-bond acceptors (Lipinski definition) is 5. The van der Waals surface area contributed by atoms with Crippen LogP contribution in [0.15, 0.2) is 54.5 Å². The number of nitrogens with zero attached hydrogens (tertiary/aromatic N) is 2. The quantitative estimate of drug-likeness (QED) is 0.321. The number of nitrogen functional groups attached to an aromatic ring is 1. The number of fused-ring (bicyclic) bond motifs is 3. The van der Waals surface area contributed by atoms with E-state index in [9.17, 15) is 4.57 Å². The molecule has 30 heavy (non-hydrogen) atoms. The first kappa shape index (κ1) is 20.0. The van der Waals surface area contributed by atoms with Gasteiger partial charge < -0.3 is 10.5 Å². The fraction of sp³-hybridized carbons (Fsp3) is 0.167. The molecule has 6 heteroatoms. The van der Waals surface area contributed by atoms with E-state index in [1.54, 1.807) is 19.0 Å². The van der Waals surface area contributed by atoms with Crippen LogP contribution in [-0.4, -0.2) is 17.1 Å². The minimum atomic E-state index is -0.0214. The highest BCUT2D eigenvalue weighted by atomic mass is 31.1. The molecule has 0 atom stereocenters. The fourth-order valence-corrected chi connectivity index (χ4v) is 3.91. The van der Waals surface area contributed by atoms with Crippen LogP contribution in [0.3, 0.4) is 0 Å². The van der Waals surface area contributed by atoms with Crippen molar-refractivity contribution in [1.29, 1.82) is 0 Å². The van der Waals surface area contributed by atoms with Crippen molar-refractivity contribution in [2.24, 2.45) is 0 Å². The molecular formula is C24H22N3O2P. The molecule has 0 aliphatic heterocycles. The molecule has 2 aromatic carbocycles. The monoisotopic (exact) mass is 415 g/mol. The number of pyridine rings is 2. The van der Waals surface area contributed by atoms with Crippen molar-refractivity contribution in [3.8, 4) is 5.75 Å². The van der Waals surface area contributed by atoms with Crippen molar-refractivity contribution in [2.75, 3.05) is 12.8 Å². The van der Waals surface area contributed by atoms with Crippen molar-refractivity contribution in [3.05, 3.63) is 76.7 Å². The molecule has 2 aromatic heterocycles. The maximum absolute atomic E-state index is 10.7. The first-order chi connectivity index (χ1) is 14.6. The van der Waals surface area contributed by atoms with Crippen LogP contribution in [0.1, 0.15) is 22.3 Å². The van der Waals surface area contributed by atoms with Crippen molar-refractivity contribution in [3.63, 3.8) is 0 Å². The van der Waals surface area contributed by atoms with Crippen LogP contribution in [0.25, 0.3) is 27.9 Å². The van der Waals surface area contributed by atoms with Crippen molar-refractivity contribution >= 4 is 42.2 Å². The molecule has 0 amide bonds. The average molecular weight is 415 g/mol. The van der Waals surface area contributed by atoms with Gasteiger partial charge in [-0.3, -0.25) is 9.55 Å². The third-order valence-corrected chi connectivity index (χ3v) is 5.57. The zero-order valence-electron chi connectivity index (χ0n) is 16.9. The Labute approximate surface area is 176 Å². The molecule has 0 fully saturated rings. The van der Waals surface area contributed by atoms with E-state index in [4.69, 9.17) is 10.5 Å². The molecule has 0 aliphatic carbocycles. The number of benzene rings is 2. The highest BCUT2D eigenvalue weighted by Gasteiger charge is 2.10. The van der Waals surface area contributed by atoms with Crippen LogP contribution in [0.4, 0.5) is 5.82 Å². The highest BCUT2D eigenvalue weighted by molar-refractivity contribution is 7.28. The highest BCUT2D eigenvalue weighted by Crippen LogP contribution is 2.29. The summed E-state index contributed by atoms with van der Waals surface area (Å²) in [4.78, 5) is 9.11.